The minimum Gasteiger partial charge on any atom is -0.439 e. The highest BCUT2D eigenvalue weighted by atomic mass is 16.5. The van der Waals surface area contributed by atoms with Crippen molar-refractivity contribution >= 4 is 17.6 Å². The summed E-state index contributed by atoms with van der Waals surface area (Å²) < 4.78 is 6.58. The van der Waals surface area contributed by atoms with E-state index in [0.29, 0.717) is 23.1 Å². The Morgan fingerprint density at radius 3 is 2.34 bits per heavy atom. The highest BCUT2D eigenvalue weighted by molar-refractivity contribution is 5.87. The lowest BCUT2D eigenvalue weighted by atomic mass is 10.0. The monoisotopic (exact) mass is 557 g/mol. The third-order valence-electron chi connectivity index (χ3n) is 7.76. The second kappa shape index (κ2) is 20.7. The Kier molecular flexibility index (Phi) is 18.1. The molecule has 0 fully saturated rings. The number of ether oxygens (including phenoxy) is 1. The Bertz CT molecular complexity index is 1170. The minimum atomic E-state index is 0.360. The minimum absolute atomic E-state index is 0.360. The standard InChI is InChI=1S/C37H55N3O/c1-10-15-17-21-32(14-5)27-39-37(30(8)13-4)34-24-23-33(26-38)25-35(34)41-36(40-31(9)29(7)12-3)22-19-16-18-20-28(6)11-2/h11,14,22-25,27,29H,10,12-13,15-21H2,1-9H3/b28-11-,32-14-,36-22+,37-30-,39-27+,40-31?. The fourth-order valence-corrected chi connectivity index (χ4v) is 4.18. The normalized spacial score (nSPS) is 14.7. The van der Waals surface area contributed by atoms with Gasteiger partial charge in [-0.2, -0.15) is 5.26 Å². The smallest absolute Gasteiger partial charge is 0.215 e. The maximum atomic E-state index is 9.71. The van der Waals surface area contributed by atoms with Gasteiger partial charge in [-0.3, -0.25) is 4.99 Å². The number of aliphatic imine (C=N–C) groups is 2. The first-order chi connectivity index (χ1) is 19.7. The van der Waals surface area contributed by atoms with E-state index in [-0.39, 0.29) is 0 Å². The van der Waals surface area contributed by atoms with E-state index in [1.807, 2.05) is 24.4 Å². The van der Waals surface area contributed by atoms with Gasteiger partial charge in [-0.15, -0.1) is 0 Å². The van der Waals surface area contributed by atoms with Crippen LogP contribution < -0.4 is 4.74 Å². The van der Waals surface area contributed by atoms with Crippen LogP contribution in [0.15, 0.2) is 69.0 Å². The van der Waals surface area contributed by atoms with E-state index in [0.717, 1.165) is 68.3 Å². The first kappa shape index (κ1) is 35.8. The first-order valence-electron chi connectivity index (χ1n) is 15.7. The van der Waals surface area contributed by atoms with Crippen LogP contribution in [0.4, 0.5) is 0 Å². The number of hydrogen-bond donors (Lipinski definition) is 0. The molecule has 0 amide bonds. The molecule has 41 heavy (non-hydrogen) atoms. The molecule has 0 bridgehead atoms. The van der Waals surface area contributed by atoms with Gasteiger partial charge in [-0.1, -0.05) is 58.3 Å². The van der Waals surface area contributed by atoms with Crippen LogP contribution in [0.1, 0.15) is 138 Å². The molecule has 224 valence electrons. The van der Waals surface area contributed by atoms with Gasteiger partial charge in [0.25, 0.3) is 0 Å². The first-order valence-corrected chi connectivity index (χ1v) is 15.7. The van der Waals surface area contributed by atoms with E-state index in [4.69, 9.17) is 14.7 Å². The van der Waals surface area contributed by atoms with Crippen molar-refractivity contribution in [2.45, 2.75) is 127 Å². The molecule has 0 aromatic heterocycles. The molecule has 0 spiro atoms. The molecule has 0 heterocycles. The van der Waals surface area contributed by atoms with Gasteiger partial charge in [0.1, 0.15) is 5.75 Å². The van der Waals surface area contributed by atoms with Crippen LogP contribution >= 0.6 is 0 Å². The van der Waals surface area contributed by atoms with E-state index in [1.165, 1.54) is 29.6 Å². The van der Waals surface area contributed by atoms with Gasteiger partial charge in [0.15, 0.2) is 0 Å². The number of benzene rings is 1. The van der Waals surface area contributed by atoms with Crippen LogP contribution in [0.3, 0.4) is 0 Å². The SMILES string of the molecule is C/C=C(/C)CCCC/C=C(\N=C(C)C(C)CC)Oc1cc(C#N)ccc1C(/N=C/C(=C\C)CCCCC)=C(\C)CC. The summed E-state index contributed by atoms with van der Waals surface area (Å²) >= 11 is 0. The Labute approximate surface area is 251 Å². The quantitative estimate of drug-likeness (QED) is 0.0780. The number of rotatable bonds is 18. The fraction of sp³-hybridized carbons (Fsp3) is 0.541. The van der Waals surface area contributed by atoms with Crippen LogP contribution in [0, 0.1) is 17.2 Å². The largest absolute Gasteiger partial charge is 0.439 e. The summed E-state index contributed by atoms with van der Waals surface area (Å²) in [5.41, 5.74) is 7.21. The molecule has 4 nitrogen and oxygen atoms in total. The zero-order chi connectivity index (χ0) is 30.6. The third-order valence-corrected chi connectivity index (χ3v) is 7.76. The number of hydrogen-bond acceptors (Lipinski definition) is 4. The zero-order valence-corrected chi connectivity index (χ0v) is 27.4. The molecule has 1 aromatic rings. The summed E-state index contributed by atoms with van der Waals surface area (Å²) in [4.78, 5) is 9.95. The summed E-state index contributed by atoms with van der Waals surface area (Å²) in [6.45, 7) is 19.3. The van der Waals surface area contributed by atoms with Crippen molar-refractivity contribution in [3.05, 3.63) is 70.2 Å². The Balaban J connectivity index is 3.53. The van der Waals surface area contributed by atoms with Crippen molar-refractivity contribution in [3.8, 4) is 11.8 Å². The molecule has 1 atom stereocenters. The Hall–Kier alpha value is -3.19. The van der Waals surface area contributed by atoms with Crippen molar-refractivity contribution in [2.24, 2.45) is 15.9 Å². The van der Waals surface area contributed by atoms with E-state index in [2.05, 4.69) is 86.6 Å². The van der Waals surface area contributed by atoms with Gasteiger partial charge in [0.05, 0.1) is 17.3 Å². The van der Waals surface area contributed by atoms with Crippen molar-refractivity contribution in [3.63, 3.8) is 0 Å². The van der Waals surface area contributed by atoms with Crippen LogP contribution in [0.25, 0.3) is 5.70 Å². The molecule has 1 rings (SSSR count). The molecule has 0 aliphatic carbocycles. The van der Waals surface area contributed by atoms with Crippen LogP contribution in [0.2, 0.25) is 0 Å². The van der Waals surface area contributed by atoms with Crippen LogP contribution in [0.5, 0.6) is 5.75 Å². The lowest BCUT2D eigenvalue weighted by Gasteiger charge is -2.16. The van der Waals surface area contributed by atoms with E-state index >= 15 is 0 Å². The molecule has 1 unspecified atom stereocenters. The van der Waals surface area contributed by atoms with E-state index < -0.39 is 0 Å². The number of nitrogens with zero attached hydrogens (tertiary/aromatic N) is 3. The van der Waals surface area contributed by atoms with Crippen molar-refractivity contribution in [2.75, 3.05) is 0 Å². The summed E-state index contributed by atoms with van der Waals surface area (Å²) in [5.74, 6) is 1.57. The lowest BCUT2D eigenvalue weighted by molar-refractivity contribution is 0.415. The molecule has 0 saturated heterocycles. The van der Waals surface area contributed by atoms with Crippen molar-refractivity contribution < 1.29 is 4.74 Å². The van der Waals surface area contributed by atoms with Crippen molar-refractivity contribution in [1.29, 1.82) is 5.26 Å². The van der Waals surface area contributed by atoms with Crippen LogP contribution in [-0.2, 0) is 0 Å². The van der Waals surface area contributed by atoms with Gasteiger partial charge in [-0.05, 0) is 127 Å². The van der Waals surface area contributed by atoms with Gasteiger partial charge in [0, 0.05) is 17.5 Å². The predicted molar refractivity (Wildman–Crippen MR) is 180 cm³/mol. The van der Waals surface area contributed by atoms with E-state index in [1.54, 1.807) is 0 Å². The second-order valence-corrected chi connectivity index (χ2v) is 11.0. The Morgan fingerprint density at radius 2 is 1.73 bits per heavy atom. The maximum Gasteiger partial charge on any atom is 0.215 e. The molecule has 0 aliphatic heterocycles. The number of nitriles is 1. The Morgan fingerprint density at radius 1 is 1.00 bits per heavy atom. The third kappa shape index (κ3) is 13.3. The average molecular weight is 558 g/mol. The maximum absolute atomic E-state index is 9.71. The highest BCUT2D eigenvalue weighted by Crippen LogP contribution is 2.33. The second-order valence-electron chi connectivity index (χ2n) is 11.0. The average Bonchev–Trinajstić information content (AvgIpc) is 2.99. The van der Waals surface area contributed by atoms with Crippen LogP contribution in [-0.4, -0.2) is 11.9 Å². The topological polar surface area (TPSA) is 57.7 Å². The van der Waals surface area contributed by atoms with Gasteiger partial charge >= 0.3 is 0 Å². The molecule has 0 saturated carbocycles. The lowest BCUT2D eigenvalue weighted by Crippen LogP contribution is -2.08. The van der Waals surface area contributed by atoms with E-state index in [9.17, 15) is 5.26 Å². The molecular weight excluding hydrogens is 502 g/mol. The molecule has 1 aromatic carbocycles. The molecule has 4 heteroatoms. The molecule has 0 radical (unpaired) electrons. The molecule has 0 N–H and O–H groups in total. The van der Waals surface area contributed by atoms with Gasteiger partial charge < -0.3 is 4.74 Å². The molecular formula is C37H55N3O. The summed E-state index contributed by atoms with van der Waals surface area (Å²) in [5, 5.41) is 9.71. The van der Waals surface area contributed by atoms with Gasteiger partial charge in [0.2, 0.25) is 5.88 Å². The highest BCUT2D eigenvalue weighted by Gasteiger charge is 2.15. The summed E-state index contributed by atoms with van der Waals surface area (Å²) in [6, 6.07) is 7.91. The number of unbranched alkanes of at least 4 members (excludes halogenated alkanes) is 4. The fourth-order valence-electron chi connectivity index (χ4n) is 4.18. The van der Waals surface area contributed by atoms with Gasteiger partial charge in [-0.25, -0.2) is 4.99 Å². The number of allylic oxidation sites excluding steroid dienone is 6. The van der Waals surface area contributed by atoms with Crippen molar-refractivity contribution in [1.82, 2.24) is 0 Å². The molecule has 0 aliphatic rings. The summed E-state index contributed by atoms with van der Waals surface area (Å²) in [6.07, 6.45) is 19.1. The summed E-state index contributed by atoms with van der Waals surface area (Å²) in [7, 11) is 0. The predicted octanol–water partition coefficient (Wildman–Crippen LogP) is 11.6. The zero-order valence-electron chi connectivity index (χ0n) is 27.4.